The van der Waals surface area contributed by atoms with Crippen molar-refractivity contribution < 1.29 is 18.3 Å². The Morgan fingerprint density at radius 1 is 0.966 bits per heavy atom. The van der Waals surface area contributed by atoms with Crippen molar-refractivity contribution in [2.45, 2.75) is 42.7 Å². The number of Topliss-reactive ketones (excluding diaryl/α,β-unsaturated/α-hetero) is 1. The van der Waals surface area contributed by atoms with Crippen LogP contribution in [0.1, 0.15) is 34.3 Å². The van der Waals surface area contributed by atoms with E-state index in [9.17, 15) is 18.3 Å². The molecule has 0 radical (unpaired) electrons. The number of aliphatic hydroxyl groups excluding tert-OH is 1. The number of nitrogens with zero attached hydrogens (tertiary/aromatic N) is 1. The minimum atomic E-state index is -3.26. The smallest absolute Gasteiger partial charge is 0.175 e. The molecule has 0 unspecified atom stereocenters. The number of carbonyl (C=O) groups excluding carboxylic acids is 1. The summed E-state index contributed by atoms with van der Waals surface area (Å²) in [6.07, 6.45) is 3.85. The highest BCUT2D eigenvalue weighted by atomic mass is 32.2. The number of ketones is 1. The van der Waals surface area contributed by atoms with Gasteiger partial charge in [-0.1, -0.05) is 36.4 Å². The van der Waals surface area contributed by atoms with E-state index in [-0.39, 0.29) is 28.7 Å². The molecule has 1 aliphatic carbocycles. The first-order chi connectivity index (χ1) is 13.8. The number of benzene rings is 2. The SMILES string of the molecule is CS(=O)(=O)c1ccc(C(=O)C2CCN([C@@H]3Cc4ccccc4C[C@H]3O)CC2)cc1. The number of aliphatic hydroxyl groups is 1. The molecule has 2 atom stereocenters. The Labute approximate surface area is 172 Å². The van der Waals surface area contributed by atoms with Crippen LogP contribution in [-0.4, -0.2) is 55.7 Å². The summed E-state index contributed by atoms with van der Waals surface area (Å²) in [5.74, 6) is 0.0302. The van der Waals surface area contributed by atoms with Crippen LogP contribution in [0.5, 0.6) is 0 Å². The van der Waals surface area contributed by atoms with E-state index in [0.717, 1.165) is 38.6 Å². The van der Waals surface area contributed by atoms with Crippen LogP contribution < -0.4 is 0 Å². The molecule has 1 aliphatic heterocycles. The van der Waals surface area contributed by atoms with Crippen molar-refractivity contribution in [2.24, 2.45) is 5.92 Å². The van der Waals surface area contributed by atoms with Crippen molar-refractivity contribution in [3.05, 3.63) is 65.2 Å². The van der Waals surface area contributed by atoms with Gasteiger partial charge in [0.05, 0.1) is 11.0 Å². The van der Waals surface area contributed by atoms with Crippen molar-refractivity contribution in [1.29, 1.82) is 0 Å². The molecule has 0 saturated carbocycles. The minimum absolute atomic E-state index is 0.0525. The number of hydrogen-bond donors (Lipinski definition) is 1. The summed E-state index contributed by atoms with van der Waals surface area (Å²) in [5.41, 5.74) is 3.12. The summed E-state index contributed by atoms with van der Waals surface area (Å²) < 4.78 is 23.2. The van der Waals surface area contributed by atoms with Gasteiger partial charge in [-0.05, 0) is 55.6 Å². The van der Waals surface area contributed by atoms with Gasteiger partial charge in [-0.3, -0.25) is 9.69 Å². The summed E-state index contributed by atoms with van der Waals surface area (Å²) in [4.78, 5) is 15.4. The molecule has 29 heavy (non-hydrogen) atoms. The Balaban J connectivity index is 1.39. The van der Waals surface area contributed by atoms with Crippen LogP contribution in [0, 0.1) is 5.92 Å². The van der Waals surface area contributed by atoms with Crippen molar-refractivity contribution in [2.75, 3.05) is 19.3 Å². The Hall–Kier alpha value is -2.02. The van der Waals surface area contributed by atoms with Crippen molar-refractivity contribution in [3.63, 3.8) is 0 Å². The summed E-state index contributed by atoms with van der Waals surface area (Å²) in [6.45, 7) is 1.59. The molecule has 154 valence electrons. The van der Waals surface area contributed by atoms with E-state index in [1.807, 2.05) is 12.1 Å². The van der Waals surface area contributed by atoms with Gasteiger partial charge in [-0.2, -0.15) is 0 Å². The Morgan fingerprint density at radius 2 is 1.55 bits per heavy atom. The number of fused-ring (bicyclic) bond motifs is 1. The van der Waals surface area contributed by atoms with Crippen LogP contribution in [0.4, 0.5) is 0 Å². The van der Waals surface area contributed by atoms with Crippen LogP contribution in [0.2, 0.25) is 0 Å². The van der Waals surface area contributed by atoms with Gasteiger partial charge in [0, 0.05) is 30.2 Å². The fourth-order valence-electron chi connectivity index (χ4n) is 4.65. The molecule has 1 fully saturated rings. The van der Waals surface area contributed by atoms with E-state index in [1.54, 1.807) is 12.1 Å². The van der Waals surface area contributed by atoms with E-state index < -0.39 is 9.84 Å². The number of sulfone groups is 1. The zero-order chi connectivity index (χ0) is 20.6. The maximum absolute atomic E-state index is 12.9. The lowest BCUT2D eigenvalue weighted by molar-refractivity contribution is 0.0239. The third-order valence-corrected chi connectivity index (χ3v) is 7.49. The first-order valence-corrected chi connectivity index (χ1v) is 12.1. The van der Waals surface area contributed by atoms with E-state index >= 15 is 0 Å². The standard InChI is InChI=1S/C23H27NO4S/c1-29(27,28)20-8-6-16(7-9-20)23(26)17-10-12-24(13-11-17)21-14-18-4-2-3-5-19(18)15-22(21)25/h2-9,17,21-22,25H,10-15H2,1H3/t21-,22-/m1/s1. The molecule has 2 aliphatic rings. The molecule has 1 saturated heterocycles. The molecule has 6 heteroatoms. The van der Waals surface area contributed by atoms with E-state index in [1.165, 1.54) is 23.3 Å². The lowest BCUT2D eigenvalue weighted by atomic mass is 9.83. The normalized spacial score (nSPS) is 23.5. The van der Waals surface area contributed by atoms with Gasteiger partial charge < -0.3 is 5.11 Å². The van der Waals surface area contributed by atoms with Gasteiger partial charge >= 0.3 is 0 Å². The predicted octanol–water partition coefficient (Wildman–Crippen LogP) is 2.51. The molecule has 0 aromatic heterocycles. The topological polar surface area (TPSA) is 74.7 Å². The number of carbonyl (C=O) groups is 1. The summed E-state index contributed by atoms with van der Waals surface area (Å²) in [6, 6.07) is 14.7. The van der Waals surface area contributed by atoms with E-state index in [4.69, 9.17) is 0 Å². The minimum Gasteiger partial charge on any atom is -0.391 e. The van der Waals surface area contributed by atoms with Gasteiger partial charge in [0.15, 0.2) is 15.6 Å². The Morgan fingerprint density at radius 3 is 2.14 bits per heavy atom. The third-order valence-electron chi connectivity index (χ3n) is 6.36. The Bertz CT molecular complexity index is 992. The average Bonchev–Trinajstić information content (AvgIpc) is 2.72. The lowest BCUT2D eigenvalue weighted by Gasteiger charge is -2.41. The predicted molar refractivity (Wildman–Crippen MR) is 112 cm³/mol. The molecule has 1 N–H and O–H groups in total. The van der Waals surface area contributed by atoms with Gasteiger partial charge in [-0.25, -0.2) is 8.42 Å². The van der Waals surface area contributed by atoms with Crippen LogP contribution in [0.15, 0.2) is 53.4 Å². The maximum atomic E-state index is 12.9. The molecule has 0 amide bonds. The average molecular weight is 414 g/mol. The molecule has 4 rings (SSSR count). The number of likely N-dealkylation sites (tertiary alicyclic amines) is 1. The van der Waals surface area contributed by atoms with Crippen LogP contribution in [-0.2, 0) is 22.7 Å². The quantitative estimate of drug-likeness (QED) is 0.780. The van der Waals surface area contributed by atoms with E-state index in [2.05, 4.69) is 17.0 Å². The second-order valence-corrected chi connectivity index (χ2v) is 10.3. The second kappa shape index (κ2) is 8.01. The van der Waals surface area contributed by atoms with Crippen molar-refractivity contribution in [1.82, 2.24) is 4.90 Å². The van der Waals surface area contributed by atoms with Crippen LogP contribution >= 0.6 is 0 Å². The number of rotatable bonds is 4. The first kappa shape index (κ1) is 20.3. The highest BCUT2D eigenvalue weighted by Gasteiger charge is 2.35. The summed E-state index contributed by atoms with van der Waals surface area (Å²) in [5, 5.41) is 10.7. The molecular formula is C23H27NO4S. The lowest BCUT2D eigenvalue weighted by Crippen LogP contribution is -2.51. The molecule has 1 heterocycles. The first-order valence-electron chi connectivity index (χ1n) is 10.2. The summed E-state index contributed by atoms with van der Waals surface area (Å²) in [7, 11) is -3.26. The molecule has 2 aromatic carbocycles. The fraction of sp³-hybridized carbons (Fsp3) is 0.435. The van der Waals surface area contributed by atoms with Crippen LogP contribution in [0.25, 0.3) is 0 Å². The third kappa shape index (κ3) is 4.29. The number of piperidine rings is 1. The fourth-order valence-corrected chi connectivity index (χ4v) is 5.28. The molecular weight excluding hydrogens is 386 g/mol. The zero-order valence-corrected chi connectivity index (χ0v) is 17.4. The van der Waals surface area contributed by atoms with Gasteiger partial charge in [0.25, 0.3) is 0 Å². The molecule has 5 nitrogen and oxygen atoms in total. The molecule has 0 bridgehead atoms. The van der Waals surface area contributed by atoms with E-state index in [0.29, 0.717) is 12.0 Å². The summed E-state index contributed by atoms with van der Waals surface area (Å²) >= 11 is 0. The number of hydrogen-bond acceptors (Lipinski definition) is 5. The van der Waals surface area contributed by atoms with Gasteiger partial charge in [-0.15, -0.1) is 0 Å². The second-order valence-electron chi connectivity index (χ2n) is 8.28. The Kier molecular flexibility index (Phi) is 5.60. The monoisotopic (exact) mass is 413 g/mol. The highest BCUT2D eigenvalue weighted by Crippen LogP contribution is 2.29. The maximum Gasteiger partial charge on any atom is 0.175 e. The van der Waals surface area contributed by atoms with Crippen LogP contribution in [0.3, 0.4) is 0 Å². The van der Waals surface area contributed by atoms with Crippen molar-refractivity contribution in [3.8, 4) is 0 Å². The zero-order valence-electron chi connectivity index (χ0n) is 16.6. The highest BCUT2D eigenvalue weighted by molar-refractivity contribution is 7.90. The largest absolute Gasteiger partial charge is 0.391 e. The van der Waals surface area contributed by atoms with Crippen molar-refractivity contribution >= 4 is 15.6 Å². The molecule has 0 spiro atoms. The van der Waals surface area contributed by atoms with Gasteiger partial charge in [0.1, 0.15) is 0 Å². The molecule has 2 aromatic rings. The van der Waals surface area contributed by atoms with Gasteiger partial charge in [0.2, 0.25) is 0 Å².